The fraction of sp³-hybridized carbons (Fsp3) is 0.375. The second kappa shape index (κ2) is 5.00. The minimum atomic E-state index is -0.993. The Balaban J connectivity index is 1.82. The van der Waals surface area contributed by atoms with Gasteiger partial charge in [-0.25, -0.2) is 0 Å². The molecular formula is C16H17NO4. The first-order valence-electron chi connectivity index (χ1n) is 6.92. The minimum Gasteiger partial charge on any atom is -0.481 e. The average molecular weight is 287 g/mol. The van der Waals surface area contributed by atoms with Gasteiger partial charge in [-0.15, -0.1) is 0 Å². The van der Waals surface area contributed by atoms with Crippen molar-refractivity contribution in [1.29, 1.82) is 0 Å². The maximum Gasteiger partial charge on any atom is 0.310 e. The largest absolute Gasteiger partial charge is 0.481 e. The summed E-state index contributed by atoms with van der Waals surface area (Å²) in [6.45, 7) is 3.89. The van der Waals surface area contributed by atoms with Gasteiger partial charge in [0.15, 0.2) is 0 Å². The van der Waals surface area contributed by atoms with E-state index in [9.17, 15) is 14.7 Å². The molecule has 2 aliphatic heterocycles. The summed E-state index contributed by atoms with van der Waals surface area (Å²) in [7, 11) is 0. The molecule has 21 heavy (non-hydrogen) atoms. The van der Waals surface area contributed by atoms with E-state index in [1.807, 2.05) is 32.0 Å². The zero-order valence-corrected chi connectivity index (χ0v) is 11.9. The number of carbonyl (C=O) groups is 2. The van der Waals surface area contributed by atoms with E-state index in [-0.39, 0.29) is 5.91 Å². The molecule has 2 N–H and O–H groups in total. The summed E-state index contributed by atoms with van der Waals surface area (Å²) in [5, 5.41) is 12.2. The maximum atomic E-state index is 12.5. The van der Waals surface area contributed by atoms with Crippen LogP contribution in [0.15, 0.2) is 30.4 Å². The third-order valence-corrected chi connectivity index (χ3v) is 4.13. The number of hydrogen-bond acceptors (Lipinski definition) is 3. The highest BCUT2D eigenvalue weighted by atomic mass is 16.5. The van der Waals surface area contributed by atoms with Crippen molar-refractivity contribution < 1.29 is 19.4 Å². The van der Waals surface area contributed by atoms with Crippen LogP contribution in [0.4, 0.5) is 5.69 Å². The highest BCUT2D eigenvalue weighted by Gasteiger charge is 2.53. The molecule has 0 unspecified atom stereocenters. The summed E-state index contributed by atoms with van der Waals surface area (Å²) < 4.78 is 5.51. The summed E-state index contributed by atoms with van der Waals surface area (Å²) in [4.78, 5) is 23.8. The molecule has 2 heterocycles. The number of aliphatic carboxylic acids is 1. The van der Waals surface area contributed by atoms with Gasteiger partial charge in [0.2, 0.25) is 5.91 Å². The van der Waals surface area contributed by atoms with Gasteiger partial charge in [0.05, 0.1) is 18.1 Å². The van der Waals surface area contributed by atoms with Crippen molar-refractivity contribution in [2.24, 2.45) is 11.8 Å². The fourth-order valence-corrected chi connectivity index (χ4v) is 3.08. The lowest BCUT2D eigenvalue weighted by molar-refractivity contribution is -0.145. The molecule has 4 atom stereocenters. The van der Waals surface area contributed by atoms with Gasteiger partial charge >= 0.3 is 5.97 Å². The van der Waals surface area contributed by atoms with Gasteiger partial charge in [-0.1, -0.05) is 29.8 Å². The Bertz CT molecular complexity index is 637. The fourth-order valence-electron chi connectivity index (χ4n) is 3.08. The Morgan fingerprint density at radius 1 is 1.14 bits per heavy atom. The van der Waals surface area contributed by atoms with E-state index < -0.39 is 30.0 Å². The number of ether oxygens (including phenoxy) is 1. The molecule has 1 amide bonds. The molecule has 0 aromatic heterocycles. The molecule has 1 aromatic rings. The lowest BCUT2D eigenvalue weighted by atomic mass is 9.82. The molecule has 2 aliphatic rings. The van der Waals surface area contributed by atoms with Gasteiger partial charge in [-0.2, -0.15) is 0 Å². The number of carboxylic acid groups (broad SMARTS) is 1. The first-order chi connectivity index (χ1) is 9.97. The smallest absolute Gasteiger partial charge is 0.310 e. The second-order valence-electron chi connectivity index (χ2n) is 5.65. The predicted molar refractivity (Wildman–Crippen MR) is 77.0 cm³/mol. The van der Waals surface area contributed by atoms with E-state index in [1.165, 1.54) is 0 Å². The predicted octanol–water partition coefficient (Wildman–Crippen LogP) is 1.90. The monoisotopic (exact) mass is 287 g/mol. The van der Waals surface area contributed by atoms with Crippen molar-refractivity contribution >= 4 is 17.6 Å². The van der Waals surface area contributed by atoms with E-state index in [0.29, 0.717) is 5.69 Å². The normalized spacial score (nSPS) is 29.6. The number of fused-ring (bicyclic) bond motifs is 2. The summed E-state index contributed by atoms with van der Waals surface area (Å²) in [6.07, 6.45) is 2.56. The van der Waals surface area contributed by atoms with E-state index in [2.05, 4.69) is 5.32 Å². The molecule has 0 spiro atoms. The molecule has 0 radical (unpaired) electrons. The van der Waals surface area contributed by atoms with Crippen LogP contribution < -0.4 is 5.32 Å². The standard InChI is InChI=1S/C16H17NO4/c1-8-3-4-10(9(2)7-8)17-15(18)13-11-5-6-12(21-11)14(13)16(19)20/h3-7,11-14H,1-2H3,(H,17,18)(H,19,20)/t11-,12-,13+,14-/m0/s1. The number of rotatable bonds is 3. The van der Waals surface area contributed by atoms with E-state index in [0.717, 1.165) is 11.1 Å². The Hall–Kier alpha value is -2.14. The Morgan fingerprint density at radius 3 is 2.43 bits per heavy atom. The van der Waals surface area contributed by atoms with Crippen molar-refractivity contribution in [3.63, 3.8) is 0 Å². The van der Waals surface area contributed by atoms with Crippen LogP contribution in [0.1, 0.15) is 11.1 Å². The molecule has 110 valence electrons. The molecule has 5 heteroatoms. The number of carboxylic acids is 1. The quantitative estimate of drug-likeness (QED) is 0.833. The Morgan fingerprint density at radius 2 is 1.81 bits per heavy atom. The van der Waals surface area contributed by atoms with Crippen molar-refractivity contribution in [2.45, 2.75) is 26.1 Å². The first-order valence-corrected chi connectivity index (χ1v) is 6.92. The molecule has 0 aliphatic carbocycles. The van der Waals surface area contributed by atoms with Crippen LogP contribution in [0.5, 0.6) is 0 Å². The van der Waals surface area contributed by atoms with Gasteiger partial charge in [0.25, 0.3) is 0 Å². The van der Waals surface area contributed by atoms with E-state index >= 15 is 0 Å². The van der Waals surface area contributed by atoms with Crippen LogP contribution in [0.2, 0.25) is 0 Å². The summed E-state index contributed by atoms with van der Waals surface area (Å²) in [5.74, 6) is -2.79. The lowest BCUT2D eigenvalue weighted by Crippen LogP contribution is -2.39. The molecule has 0 saturated carbocycles. The van der Waals surface area contributed by atoms with Gasteiger partial charge in [0.1, 0.15) is 5.92 Å². The first kappa shape index (κ1) is 13.8. The number of hydrogen-bond donors (Lipinski definition) is 2. The number of amides is 1. The van der Waals surface area contributed by atoms with Crippen molar-refractivity contribution in [3.8, 4) is 0 Å². The highest BCUT2D eigenvalue weighted by Crippen LogP contribution is 2.40. The number of aryl methyl sites for hydroxylation is 2. The van der Waals surface area contributed by atoms with Crippen LogP contribution in [0.3, 0.4) is 0 Å². The zero-order chi connectivity index (χ0) is 15.1. The van der Waals surface area contributed by atoms with Gasteiger partial charge in [-0.05, 0) is 25.5 Å². The molecule has 1 aromatic carbocycles. The molecule has 1 saturated heterocycles. The summed E-state index contributed by atoms with van der Waals surface area (Å²) in [5.41, 5.74) is 2.77. The summed E-state index contributed by atoms with van der Waals surface area (Å²) in [6, 6.07) is 5.72. The molecule has 5 nitrogen and oxygen atoms in total. The third kappa shape index (κ3) is 2.34. The van der Waals surface area contributed by atoms with Crippen LogP contribution in [0.25, 0.3) is 0 Å². The van der Waals surface area contributed by atoms with Crippen molar-refractivity contribution in [3.05, 3.63) is 41.5 Å². The van der Waals surface area contributed by atoms with E-state index in [4.69, 9.17) is 4.74 Å². The topological polar surface area (TPSA) is 75.6 Å². The van der Waals surface area contributed by atoms with Crippen LogP contribution >= 0.6 is 0 Å². The Kier molecular flexibility index (Phi) is 3.29. The van der Waals surface area contributed by atoms with Gasteiger partial charge in [0, 0.05) is 5.69 Å². The molecule has 3 rings (SSSR count). The van der Waals surface area contributed by atoms with Gasteiger partial charge in [-0.3, -0.25) is 9.59 Å². The maximum absolute atomic E-state index is 12.5. The van der Waals surface area contributed by atoms with Crippen molar-refractivity contribution in [1.82, 2.24) is 0 Å². The average Bonchev–Trinajstić information content (AvgIpc) is 3.02. The van der Waals surface area contributed by atoms with Gasteiger partial charge < -0.3 is 15.2 Å². The molecule has 2 bridgehead atoms. The summed E-state index contributed by atoms with van der Waals surface area (Å²) >= 11 is 0. The van der Waals surface area contributed by atoms with Crippen LogP contribution in [-0.2, 0) is 14.3 Å². The number of carbonyl (C=O) groups excluding carboxylic acids is 1. The number of anilines is 1. The lowest BCUT2D eigenvalue weighted by Gasteiger charge is -2.21. The Labute approximate surface area is 122 Å². The highest BCUT2D eigenvalue weighted by molar-refractivity contribution is 5.97. The molecule has 1 fully saturated rings. The SMILES string of the molecule is Cc1ccc(NC(=O)[C@H]2[C@@H](C(=O)O)[C@@H]3C=C[C@@H]2O3)c(C)c1. The van der Waals surface area contributed by atoms with Crippen molar-refractivity contribution in [2.75, 3.05) is 5.32 Å². The number of nitrogens with one attached hydrogen (secondary N) is 1. The molecular weight excluding hydrogens is 270 g/mol. The van der Waals surface area contributed by atoms with Crippen LogP contribution in [0, 0.1) is 25.7 Å². The number of benzene rings is 1. The van der Waals surface area contributed by atoms with Crippen LogP contribution in [-0.4, -0.2) is 29.2 Å². The van der Waals surface area contributed by atoms with E-state index in [1.54, 1.807) is 12.2 Å². The minimum absolute atomic E-state index is 0.300. The second-order valence-corrected chi connectivity index (χ2v) is 5.65. The zero-order valence-electron chi connectivity index (χ0n) is 11.9. The third-order valence-electron chi connectivity index (χ3n) is 4.13.